The second-order valence-electron chi connectivity index (χ2n) is 4.00. The second-order valence-corrected chi connectivity index (χ2v) is 6.46. The zero-order chi connectivity index (χ0) is 12.1. The molecule has 0 aliphatic rings. The van der Waals surface area contributed by atoms with E-state index in [4.69, 9.17) is 0 Å². The van der Waals surface area contributed by atoms with Crippen molar-refractivity contribution >= 4 is 32.3 Å². The van der Waals surface area contributed by atoms with Crippen LogP contribution in [0.15, 0.2) is 12.5 Å². The van der Waals surface area contributed by atoms with Gasteiger partial charge in [-0.05, 0) is 0 Å². The van der Waals surface area contributed by atoms with Crippen molar-refractivity contribution in [3.05, 3.63) is 18.1 Å². The molecule has 1 aromatic heterocycles. The number of aromatic nitrogens is 2. The summed E-state index contributed by atoms with van der Waals surface area (Å²) in [5.41, 5.74) is 1.17. The van der Waals surface area contributed by atoms with Gasteiger partial charge in [0.25, 0.3) is 0 Å². The Morgan fingerprint density at radius 2 is 2.19 bits per heavy atom. The van der Waals surface area contributed by atoms with Crippen molar-refractivity contribution in [3.63, 3.8) is 0 Å². The molecule has 0 aliphatic heterocycles. The van der Waals surface area contributed by atoms with E-state index < -0.39 is 0 Å². The van der Waals surface area contributed by atoms with Gasteiger partial charge in [-0.2, -0.15) is 0 Å². The molecule has 0 fully saturated rings. The van der Waals surface area contributed by atoms with Gasteiger partial charge in [-0.15, -0.1) is 0 Å². The van der Waals surface area contributed by atoms with E-state index in [1.54, 1.807) is 6.33 Å². The van der Waals surface area contributed by atoms with E-state index in [1.165, 1.54) is 28.8 Å². The van der Waals surface area contributed by atoms with Gasteiger partial charge in [0.1, 0.15) is 0 Å². The summed E-state index contributed by atoms with van der Waals surface area (Å²) < 4.78 is 2.47. The zero-order valence-corrected chi connectivity index (χ0v) is 14.8. The van der Waals surface area contributed by atoms with Crippen LogP contribution >= 0.6 is 22.6 Å². The Hall–Kier alpha value is 0.168. The van der Waals surface area contributed by atoms with Crippen molar-refractivity contribution in [2.75, 3.05) is 9.74 Å². The van der Waals surface area contributed by atoms with Gasteiger partial charge < -0.3 is 0 Å². The van der Waals surface area contributed by atoms with Crippen LogP contribution in [0.2, 0.25) is 0 Å². The fourth-order valence-corrected chi connectivity index (χ4v) is 1.96. The number of halogens is 1. The fraction of sp³-hybridized carbons (Fsp3) is 0.545. The topological polar surface area (TPSA) is 37.8 Å². The predicted octanol–water partition coefficient (Wildman–Crippen LogP) is 2.44. The quantitative estimate of drug-likeness (QED) is 0.498. The molecule has 1 heterocycles. The molecule has 0 bridgehead atoms. The molecular weight excluding hydrogens is 485 g/mol. The van der Waals surface area contributed by atoms with E-state index in [-0.39, 0.29) is 0 Å². The van der Waals surface area contributed by atoms with Crippen LogP contribution < -0.4 is 5.32 Å². The van der Waals surface area contributed by atoms with Gasteiger partial charge in [0.15, 0.2) is 0 Å². The van der Waals surface area contributed by atoms with Crippen LogP contribution in [-0.4, -0.2) is 24.3 Å². The number of nitrogens with one attached hydrogen (secondary N) is 1. The van der Waals surface area contributed by atoms with Crippen LogP contribution in [0.25, 0.3) is 0 Å². The first-order chi connectivity index (χ1) is 7.56. The molecule has 0 aromatic carbocycles. The molecule has 1 unspecified atom stereocenters. The molecule has 1 aromatic rings. The Balaban J connectivity index is 2.96. The van der Waals surface area contributed by atoms with Crippen molar-refractivity contribution in [2.24, 2.45) is 5.92 Å². The molecule has 0 saturated carbocycles. The van der Waals surface area contributed by atoms with Crippen LogP contribution in [0.3, 0.4) is 0 Å². The van der Waals surface area contributed by atoms with Gasteiger partial charge in [-0.25, -0.2) is 0 Å². The molecule has 0 saturated heterocycles. The van der Waals surface area contributed by atoms with Crippen LogP contribution in [0.4, 0.5) is 5.82 Å². The second kappa shape index (κ2) is 6.80. The summed E-state index contributed by atoms with van der Waals surface area (Å²) >= 11 is 3.87. The molecule has 0 amide bonds. The standard InChI is InChI=1S/C11H16IN3.W/c1-8(2)4-10-6-13-7-14-11(10)15-9(3)5-12;/h6-9H,5H2,1-3H3,(H,13,14,15);. The average molecular weight is 501 g/mol. The van der Waals surface area contributed by atoms with Crippen LogP contribution in [-0.2, 0) is 19.4 Å². The van der Waals surface area contributed by atoms with E-state index in [0.29, 0.717) is 12.0 Å². The molecule has 3 nitrogen and oxygen atoms in total. The van der Waals surface area contributed by atoms with Crippen molar-refractivity contribution < 1.29 is 19.4 Å². The first kappa shape index (κ1) is 14.2. The van der Waals surface area contributed by atoms with Crippen molar-refractivity contribution in [2.45, 2.75) is 26.8 Å². The predicted molar refractivity (Wildman–Crippen MR) is 73.0 cm³/mol. The maximum atomic E-state index is 4.34. The summed E-state index contributed by atoms with van der Waals surface area (Å²) in [4.78, 5) is 8.46. The normalized spacial score (nSPS) is 12.6. The summed E-state index contributed by atoms with van der Waals surface area (Å²) in [7, 11) is 0. The number of hydrogen-bond donors (Lipinski definition) is 1. The zero-order valence-electron chi connectivity index (χ0n) is 9.70. The SMILES string of the molecule is CC(CI)Nc1ncncc1[C](=[W])C(C)C. The average Bonchev–Trinajstić information content (AvgIpc) is 2.28. The summed E-state index contributed by atoms with van der Waals surface area (Å²) in [6.45, 7) is 6.58. The molecule has 0 aliphatic carbocycles. The first-order valence-corrected chi connectivity index (χ1v) is 8.22. The number of alkyl halides is 1. The Labute approximate surface area is 121 Å². The van der Waals surface area contributed by atoms with E-state index in [0.717, 1.165) is 10.2 Å². The Morgan fingerprint density at radius 3 is 2.75 bits per heavy atom. The van der Waals surface area contributed by atoms with E-state index >= 15 is 0 Å². The Morgan fingerprint density at radius 1 is 1.50 bits per heavy atom. The van der Waals surface area contributed by atoms with Gasteiger partial charge in [-0.1, -0.05) is 0 Å². The van der Waals surface area contributed by atoms with Gasteiger partial charge in [-0.3, -0.25) is 0 Å². The molecular formula is C11H16IN3W. The fourth-order valence-electron chi connectivity index (χ4n) is 1.21. The van der Waals surface area contributed by atoms with Crippen molar-refractivity contribution in [1.82, 2.24) is 9.97 Å². The molecule has 0 radical (unpaired) electrons. The third-order valence-corrected chi connectivity index (χ3v) is 5.92. The number of hydrogen-bond acceptors (Lipinski definition) is 3. The van der Waals surface area contributed by atoms with Crippen molar-refractivity contribution in [1.29, 1.82) is 0 Å². The molecule has 5 heteroatoms. The maximum absolute atomic E-state index is 4.34. The number of rotatable bonds is 5. The van der Waals surface area contributed by atoms with Gasteiger partial charge in [0, 0.05) is 0 Å². The number of anilines is 1. The molecule has 1 rings (SSSR count). The van der Waals surface area contributed by atoms with Crippen molar-refractivity contribution in [3.8, 4) is 0 Å². The summed E-state index contributed by atoms with van der Waals surface area (Å²) in [5, 5.41) is 3.43. The third kappa shape index (κ3) is 3.88. The van der Waals surface area contributed by atoms with Crippen LogP contribution in [0, 0.1) is 5.92 Å². The molecule has 1 N–H and O–H groups in total. The van der Waals surface area contributed by atoms with E-state index in [1.807, 2.05) is 6.20 Å². The molecule has 88 valence electrons. The van der Waals surface area contributed by atoms with Crippen LogP contribution in [0.1, 0.15) is 26.3 Å². The van der Waals surface area contributed by atoms with E-state index in [2.05, 4.69) is 58.6 Å². The van der Waals surface area contributed by atoms with Gasteiger partial charge in [0.2, 0.25) is 0 Å². The monoisotopic (exact) mass is 501 g/mol. The first-order valence-electron chi connectivity index (χ1n) is 5.23. The minimum atomic E-state index is 0.434. The van der Waals surface area contributed by atoms with Crippen LogP contribution in [0.5, 0.6) is 0 Å². The number of nitrogens with zero attached hydrogens (tertiary/aromatic N) is 2. The summed E-state index contributed by atoms with van der Waals surface area (Å²) in [6, 6.07) is 0.434. The third-order valence-electron chi connectivity index (χ3n) is 2.12. The van der Waals surface area contributed by atoms with Gasteiger partial charge in [0.05, 0.1) is 0 Å². The Kier molecular flexibility index (Phi) is 6.04. The van der Waals surface area contributed by atoms with Gasteiger partial charge >= 0.3 is 122 Å². The molecule has 16 heavy (non-hydrogen) atoms. The summed E-state index contributed by atoms with van der Waals surface area (Å²) in [6.07, 6.45) is 3.52. The molecule has 1 atom stereocenters. The summed E-state index contributed by atoms with van der Waals surface area (Å²) in [5.74, 6) is 1.52. The molecule has 0 spiro atoms. The Bertz CT molecular complexity index is 368. The van der Waals surface area contributed by atoms with E-state index in [9.17, 15) is 0 Å². The minimum absolute atomic E-state index is 0.434.